The van der Waals surface area contributed by atoms with E-state index < -0.39 is 0 Å². The summed E-state index contributed by atoms with van der Waals surface area (Å²) in [7, 11) is 0. The number of hydrogen-bond donors (Lipinski definition) is 1. The third-order valence-corrected chi connectivity index (χ3v) is 6.87. The molecule has 178 valence electrons. The Balaban J connectivity index is 1.41. The summed E-state index contributed by atoms with van der Waals surface area (Å²) in [6.45, 7) is 9.39. The minimum Gasteiger partial charge on any atom is -0.348 e. The normalized spacial score (nSPS) is 11.5. The zero-order valence-electron chi connectivity index (χ0n) is 20.2. The van der Waals surface area contributed by atoms with Gasteiger partial charge in [-0.25, -0.2) is 19.3 Å². The molecule has 1 amide bonds. The number of aromatic nitrogens is 6. The van der Waals surface area contributed by atoms with Crippen LogP contribution in [-0.2, 0) is 13.1 Å². The van der Waals surface area contributed by atoms with Crippen LogP contribution in [0.2, 0.25) is 0 Å². The van der Waals surface area contributed by atoms with E-state index in [1.165, 1.54) is 16.1 Å². The average molecular weight is 486 g/mol. The number of nitrogens with zero attached hydrogens (tertiary/aromatic N) is 6. The minimum absolute atomic E-state index is 0.132. The van der Waals surface area contributed by atoms with Crippen molar-refractivity contribution in [1.82, 2.24) is 34.8 Å². The molecule has 0 fully saturated rings. The molecule has 0 atom stereocenters. The van der Waals surface area contributed by atoms with Crippen LogP contribution in [0.4, 0.5) is 0 Å². The fraction of sp³-hybridized carbons (Fsp3) is 0.269. The van der Waals surface area contributed by atoms with Gasteiger partial charge in [0.05, 0.1) is 29.4 Å². The molecule has 0 aliphatic rings. The summed E-state index contributed by atoms with van der Waals surface area (Å²) in [4.78, 5) is 24.7. The average Bonchev–Trinajstić information content (AvgIpc) is 3.57. The van der Waals surface area contributed by atoms with Gasteiger partial charge in [0.15, 0.2) is 5.65 Å². The van der Waals surface area contributed by atoms with Crippen LogP contribution in [0.5, 0.6) is 0 Å². The van der Waals surface area contributed by atoms with Crippen molar-refractivity contribution in [2.75, 3.05) is 0 Å². The topological polar surface area (TPSA) is 90.5 Å². The number of benzene rings is 1. The Bertz CT molecular complexity index is 1480. The Kier molecular flexibility index (Phi) is 6.17. The number of thiophene rings is 1. The number of aryl methyl sites for hydroxylation is 2. The van der Waals surface area contributed by atoms with Crippen LogP contribution < -0.4 is 5.32 Å². The van der Waals surface area contributed by atoms with Gasteiger partial charge in [0.2, 0.25) is 0 Å². The first-order chi connectivity index (χ1) is 16.9. The van der Waals surface area contributed by atoms with Gasteiger partial charge in [0.25, 0.3) is 5.91 Å². The summed E-state index contributed by atoms with van der Waals surface area (Å²) in [6, 6.07) is 12.3. The van der Waals surface area contributed by atoms with Crippen molar-refractivity contribution in [2.24, 2.45) is 0 Å². The zero-order chi connectivity index (χ0) is 24.5. The zero-order valence-corrected chi connectivity index (χ0v) is 21.0. The summed E-state index contributed by atoms with van der Waals surface area (Å²) in [5, 5.41) is 12.5. The van der Waals surface area contributed by atoms with E-state index in [1.54, 1.807) is 28.5 Å². The summed E-state index contributed by atoms with van der Waals surface area (Å²) in [5.41, 5.74) is 5.31. The van der Waals surface area contributed by atoms with E-state index in [1.807, 2.05) is 35.0 Å². The number of pyridine rings is 1. The molecule has 1 aromatic carbocycles. The Morgan fingerprint density at radius 3 is 2.51 bits per heavy atom. The molecule has 8 nitrogen and oxygen atoms in total. The van der Waals surface area contributed by atoms with Crippen molar-refractivity contribution in [3.05, 3.63) is 81.7 Å². The smallest absolute Gasteiger partial charge is 0.252 e. The molecule has 0 spiro atoms. The Morgan fingerprint density at radius 2 is 1.86 bits per heavy atom. The number of rotatable bonds is 7. The largest absolute Gasteiger partial charge is 0.348 e. The molecule has 4 aromatic heterocycles. The predicted molar refractivity (Wildman–Crippen MR) is 137 cm³/mol. The molecule has 0 saturated carbocycles. The molecule has 0 unspecified atom stereocenters. The number of amides is 1. The Hall–Kier alpha value is -3.85. The van der Waals surface area contributed by atoms with Gasteiger partial charge in [-0.3, -0.25) is 4.79 Å². The van der Waals surface area contributed by atoms with E-state index in [9.17, 15) is 4.79 Å². The number of carbonyl (C=O) groups is 1. The fourth-order valence-corrected chi connectivity index (χ4v) is 5.08. The molecule has 0 bridgehead atoms. The summed E-state index contributed by atoms with van der Waals surface area (Å²) < 4.78 is 3.65. The van der Waals surface area contributed by atoms with Crippen LogP contribution in [0.25, 0.3) is 22.3 Å². The van der Waals surface area contributed by atoms with Crippen molar-refractivity contribution < 1.29 is 4.79 Å². The van der Waals surface area contributed by atoms with Gasteiger partial charge in [-0.1, -0.05) is 24.3 Å². The lowest BCUT2D eigenvalue weighted by Crippen LogP contribution is -2.23. The first-order valence-electron chi connectivity index (χ1n) is 11.5. The van der Waals surface area contributed by atoms with Crippen LogP contribution in [0.3, 0.4) is 0 Å². The number of nitrogens with one attached hydrogen (secondary N) is 1. The molecule has 0 aliphatic carbocycles. The highest BCUT2D eigenvalue weighted by atomic mass is 32.1. The van der Waals surface area contributed by atoms with E-state index in [2.05, 4.69) is 54.3 Å². The molecular formula is C26H27N7OS. The summed E-state index contributed by atoms with van der Waals surface area (Å²) >= 11 is 1.73. The quantitative estimate of drug-likeness (QED) is 0.353. The van der Waals surface area contributed by atoms with Gasteiger partial charge in [0, 0.05) is 27.9 Å². The lowest BCUT2D eigenvalue weighted by molar-refractivity contribution is 0.0952. The molecule has 0 radical (unpaired) electrons. The van der Waals surface area contributed by atoms with Gasteiger partial charge in [0.1, 0.15) is 12.7 Å². The maximum atomic E-state index is 13.4. The summed E-state index contributed by atoms with van der Waals surface area (Å²) in [5.74, 6) is -0.141. The van der Waals surface area contributed by atoms with Crippen LogP contribution >= 0.6 is 11.3 Å². The van der Waals surface area contributed by atoms with Crippen LogP contribution in [-0.4, -0.2) is 35.4 Å². The van der Waals surface area contributed by atoms with Gasteiger partial charge >= 0.3 is 0 Å². The third kappa shape index (κ3) is 4.72. The maximum absolute atomic E-state index is 13.4. The van der Waals surface area contributed by atoms with E-state index in [0.29, 0.717) is 18.7 Å². The number of hydrogen-bond acceptors (Lipinski definition) is 6. The minimum atomic E-state index is -0.141. The standard InChI is InChI=1S/C26H27N7OS/c1-16(2)33-25-23(12-29-33)22(10-24(31-25)21-9-17(3)35-18(21)4)26(34)28-11-19-5-7-20(8-6-19)13-32-15-27-14-30-32/h5-10,12,14-16H,11,13H2,1-4H3,(H,28,34). The highest BCUT2D eigenvalue weighted by molar-refractivity contribution is 7.12. The van der Waals surface area contributed by atoms with E-state index in [0.717, 1.165) is 33.4 Å². The monoisotopic (exact) mass is 485 g/mol. The van der Waals surface area contributed by atoms with E-state index >= 15 is 0 Å². The third-order valence-electron chi connectivity index (χ3n) is 5.90. The summed E-state index contributed by atoms with van der Waals surface area (Å²) in [6.07, 6.45) is 4.96. The van der Waals surface area contributed by atoms with Crippen molar-refractivity contribution in [1.29, 1.82) is 0 Å². The van der Waals surface area contributed by atoms with Crippen LogP contribution in [0.1, 0.15) is 51.1 Å². The first-order valence-corrected chi connectivity index (χ1v) is 12.3. The second kappa shape index (κ2) is 9.42. The van der Waals surface area contributed by atoms with Crippen molar-refractivity contribution in [3.8, 4) is 11.3 Å². The highest BCUT2D eigenvalue weighted by Gasteiger charge is 2.19. The lowest BCUT2D eigenvalue weighted by atomic mass is 10.1. The van der Waals surface area contributed by atoms with Gasteiger partial charge in [-0.05, 0) is 51.0 Å². The fourth-order valence-electron chi connectivity index (χ4n) is 4.15. The lowest BCUT2D eigenvalue weighted by Gasteiger charge is -2.11. The predicted octanol–water partition coefficient (Wildman–Crippen LogP) is 4.93. The van der Waals surface area contributed by atoms with Crippen molar-refractivity contribution in [3.63, 3.8) is 0 Å². The molecule has 0 aliphatic heterocycles. The molecule has 4 heterocycles. The van der Waals surface area contributed by atoms with Gasteiger partial charge < -0.3 is 5.32 Å². The highest BCUT2D eigenvalue weighted by Crippen LogP contribution is 2.32. The maximum Gasteiger partial charge on any atom is 0.252 e. The second-order valence-corrected chi connectivity index (χ2v) is 10.4. The Labute approximate surface area is 207 Å². The molecule has 5 aromatic rings. The first kappa shape index (κ1) is 22.9. The molecular weight excluding hydrogens is 458 g/mol. The number of fused-ring (bicyclic) bond motifs is 1. The van der Waals surface area contributed by atoms with E-state index in [-0.39, 0.29) is 11.9 Å². The van der Waals surface area contributed by atoms with Crippen molar-refractivity contribution in [2.45, 2.75) is 46.8 Å². The van der Waals surface area contributed by atoms with Crippen molar-refractivity contribution >= 4 is 28.3 Å². The molecule has 1 N–H and O–H groups in total. The van der Waals surface area contributed by atoms with E-state index in [4.69, 9.17) is 4.98 Å². The Morgan fingerprint density at radius 1 is 1.09 bits per heavy atom. The van der Waals surface area contributed by atoms with Gasteiger partial charge in [-0.2, -0.15) is 10.2 Å². The molecule has 9 heteroatoms. The second-order valence-electron chi connectivity index (χ2n) is 8.89. The van der Waals surface area contributed by atoms with Crippen LogP contribution in [0, 0.1) is 13.8 Å². The SMILES string of the molecule is Cc1cc(-c2cc(C(=O)NCc3ccc(Cn4cncn4)cc3)c3cnn(C(C)C)c3n2)c(C)s1. The molecule has 5 rings (SSSR count). The number of carbonyl (C=O) groups excluding carboxylic acids is 1. The molecule has 35 heavy (non-hydrogen) atoms. The molecule has 0 saturated heterocycles. The van der Waals surface area contributed by atoms with Crippen LogP contribution in [0.15, 0.2) is 55.2 Å². The van der Waals surface area contributed by atoms with Gasteiger partial charge in [-0.15, -0.1) is 11.3 Å².